The highest BCUT2D eigenvalue weighted by atomic mass is 35.5. The molecule has 0 saturated carbocycles. The van der Waals surface area contributed by atoms with Gasteiger partial charge in [0, 0.05) is 10.7 Å². The standard InChI is InChI=1S/C9H10ClNO2.C4H6O6/c1-13-9(12)6-11-8-4-2-7(10)3-5-8;5-1(3(7)8)2(6)4(9)10/h2-5,11H,6H2,1H3;1-2,5-6H,(H,7,8)(H,9,10). The molecule has 2 unspecified atom stereocenters. The molecule has 0 bridgehead atoms. The zero-order valence-electron chi connectivity index (χ0n) is 12.0. The number of esters is 1. The number of aliphatic hydroxyl groups excluding tert-OH is 2. The smallest absolute Gasteiger partial charge is 0.335 e. The molecule has 0 heterocycles. The van der Waals surface area contributed by atoms with Crippen LogP contribution in [0.2, 0.25) is 5.02 Å². The summed E-state index contributed by atoms with van der Waals surface area (Å²) in [5, 5.41) is 36.1. The van der Waals surface area contributed by atoms with Crippen molar-refractivity contribution >= 4 is 35.2 Å². The number of aliphatic carboxylic acids is 2. The van der Waals surface area contributed by atoms with Crippen molar-refractivity contribution in [2.45, 2.75) is 12.2 Å². The zero-order chi connectivity index (χ0) is 18.0. The zero-order valence-corrected chi connectivity index (χ0v) is 12.7. The van der Waals surface area contributed by atoms with Gasteiger partial charge in [0.05, 0.1) is 7.11 Å². The lowest BCUT2D eigenvalue weighted by Gasteiger charge is -2.07. The fourth-order valence-corrected chi connectivity index (χ4v) is 1.21. The van der Waals surface area contributed by atoms with Gasteiger partial charge in [0.1, 0.15) is 6.54 Å². The Morgan fingerprint density at radius 2 is 1.52 bits per heavy atom. The van der Waals surface area contributed by atoms with Gasteiger partial charge in [0.15, 0.2) is 12.2 Å². The van der Waals surface area contributed by atoms with Crippen molar-refractivity contribution in [3.05, 3.63) is 29.3 Å². The van der Waals surface area contributed by atoms with Gasteiger partial charge in [-0.2, -0.15) is 0 Å². The Bertz CT molecular complexity index is 515. The predicted octanol–water partition coefficient (Wildman–Crippen LogP) is -0.198. The molecule has 0 spiro atoms. The van der Waals surface area contributed by atoms with Crippen LogP contribution in [-0.2, 0) is 19.1 Å². The van der Waals surface area contributed by atoms with E-state index in [-0.39, 0.29) is 12.5 Å². The first-order valence-corrected chi connectivity index (χ1v) is 6.44. The van der Waals surface area contributed by atoms with Crippen molar-refractivity contribution in [1.29, 1.82) is 0 Å². The van der Waals surface area contributed by atoms with Crippen molar-refractivity contribution in [2.24, 2.45) is 0 Å². The molecule has 10 heteroatoms. The topological polar surface area (TPSA) is 153 Å². The number of nitrogens with one attached hydrogen (secondary N) is 1. The minimum atomic E-state index is -2.27. The van der Waals surface area contributed by atoms with Crippen molar-refractivity contribution in [3.63, 3.8) is 0 Å². The van der Waals surface area contributed by atoms with Gasteiger partial charge in [-0.05, 0) is 24.3 Å². The number of methoxy groups -OCH3 is 1. The van der Waals surface area contributed by atoms with Gasteiger partial charge in [-0.1, -0.05) is 11.6 Å². The van der Waals surface area contributed by atoms with Crippen molar-refractivity contribution in [2.75, 3.05) is 19.0 Å². The second-order valence-corrected chi connectivity index (χ2v) is 4.44. The Hall–Kier alpha value is -2.36. The molecule has 0 fully saturated rings. The van der Waals surface area contributed by atoms with E-state index in [1.807, 2.05) is 0 Å². The van der Waals surface area contributed by atoms with Crippen LogP contribution in [0.3, 0.4) is 0 Å². The summed E-state index contributed by atoms with van der Waals surface area (Å²) in [6, 6.07) is 7.10. The van der Waals surface area contributed by atoms with Gasteiger partial charge in [-0.3, -0.25) is 4.79 Å². The minimum Gasteiger partial charge on any atom is -0.479 e. The summed E-state index contributed by atoms with van der Waals surface area (Å²) in [6.07, 6.45) is -4.53. The van der Waals surface area contributed by atoms with Gasteiger partial charge in [-0.25, -0.2) is 9.59 Å². The predicted molar refractivity (Wildman–Crippen MR) is 79.2 cm³/mol. The molecule has 2 atom stereocenters. The summed E-state index contributed by atoms with van der Waals surface area (Å²) in [7, 11) is 1.35. The summed E-state index contributed by atoms with van der Waals surface area (Å²) >= 11 is 5.68. The molecule has 128 valence electrons. The minimum absolute atomic E-state index is 0.165. The monoisotopic (exact) mass is 349 g/mol. The van der Waals surface area contributed by atoms with Crippen LogP contribution in [0.4, 0.5) is 5.69 Å². The Balaban J connectivity index is 0.000000438. The maximum absolute atomic E-state index is 10.7. The van der Waals surface area contributed by atoms with Crippen molar-refractivity contribution in [3.8, 4) is 0 Å². The average Bonchev–Trinajstić information content (AvgIpc) is 2.52. The largest absolute Gasteiger partial charge is 0.479 e. The van der Waals surface area contributed by atoms with E-state index < -0.39 is 24.1 Å². The van der Waals surface area contributed by atoms with Crippen LogP contribution in [-0.4, -0.2) is 64.2 Å². The van der Waals surface area contributed by atoms with E-state index in [2.05, 4.69) is 10.1 Å². The number of carboxylic acids is 2. The van der Waals surface area contributed by atoms with Crippen LogP contribution >= 0.6 is 11.6 Å². The molecule has 0 aromatic heterocycles. The molecule has 0 saturated heterocycles. The first kappa shape index (κ1) is 20.6. The normalized spacial score (nSPS) is 12.2. The number of ether oxygens (including phenoxy) is 1. The number of carbonyl (C=O) groups is 3. The van der Waals surface area contributed by atoms with E-state index in [4.69, 9.17) is 32.0 Å². The molecule has 0 aliphatic rings. The lowest BCUT2D eigenvalue weighted by molar-refractivity contribution is -0.165. The Kier molecular flexibility index (Phi) is 9.31. The summed E-state index contributed by atoms with van der Waals surface area (Å²) < 4.78 is 4.47. The Morgan fingerprint density at radius 1 is 1.09 bits per heavy atom. The SMILES string of the molecule is COC(=O)CNc1ccc(Cl)cc1.O=C(O)C(O)C(O)C(=O)O. The van der Waals surface area contributed by atoms with E-state index in [1.165, 1.54) is 7.11 Å². The Labute approximate surface area is 136 Å². The molecular weight excluding hydrogens is 334 g/mol. The third-order valence-corrected chi connectivity index (χ3v) is 2.57. The lowest BCUT2D eigenvalue weighted by Crippen LogP contribution is -2.39. The third-order valence-electron chi connectivity index (χ3n) is 2.31. The number of hydrogen-bond donors (Lipinski definition) is 5. The lowest BCUT2D eigenvalue weighted by atomic mass is 10.2. The molecule has 5 N–H and O–H groups in total. The summed E-state index contributed by atoms with van der Waals surface area (Å²) in [5.41, 5.74) is 0.842. The number of hydrogen-bond acceptors (Lipinski definition) is 7. The van der Waals surface area contributed by atoms with Gasteiger partial charge in [0.25, 0.3) is 0 Å². The quantitative estimate of drug-likeness (QED) is 0.439. The molecule has 1 aromatic carbocycles. The van der Waals surface area contributed by atoms with E-state index in [1.54, 1.807) is 24.3 Å². The van der Waals surface area contributed by atoms with E-state index in [9.17, 15) is 14.4 Å². The van der Waals surface area contributed by atoms with Crippen LogP contribution in [0.1, 0.15) is 0 Å². The van der Waals surface area contributed by atoms with Crippen LogP contribution in [0, 0.1) is 0 Å². The van der Waals surface area contributed by atoms with Crippen molar-refractivity contribution < 1.29 is 39.5 Å². The summed E-state index contributed by atoms with van der Waals surface area (Å²) in [5.74, 6) is -3.83. The summed E-state index contributed by atoms with van der Waals surface area (Å²) in [4.78, 5) is 30.3. The molecule has 0 aliphatic carbocycles. The number of halogens is 1. The second-order valence-electron chi connectivity index (χ2n) is 4.00. The van der Waals surface area contributed by atoms with E-state index in [0.717, 1.165) is 5.69 Å². The van der Waals surface area contributed by atoms with Gasteiger partial charge in [0.2, 0.25) is 0 Å². The molecule has 23 heavy (non-hydrogen) atoms. The van der Waals surface area contributed by atoms with Gasteiger partial charge < -0.3 is 30.5 Å². The maximum Gasteiger partial charge on any atom is 0.335 e. The maximum atomic E-state index is 10.7. The number of carbonyl (C=O) groups excluding carboxylic acids is 1. The van der Waals surface area contributed by atoms with E-state index >= 15 is 0 Å². The van der Waals surface area contributed by atoms with Crippen LogP contribution in [0.25, 0.3) is 0 Å². The van der Waals surface area contributed by atoms with Crippen LogP contribution < -0.4 is 5.32 Å². The molecular formula is C13H16ClNO8. The molecule has 1 aromatic rings. The molecule has 1 rings (SSSR count). The first-order valence-electron chi connectivity index (χ1n) is 6.07. The fourth-order valence-electron chi connectivity index (χ4n) is 1.08. The molecule has 0 radical (unpaired) electrons. The van der Waals surface area contributed by atoms with Crippen molar-refractivity contribution in [1.82, 2.24) is 0 Å². The van der Waals surface area contributed by atoms with E-state index in [0.29, 0.717) is 5.02 Å². The van der Waals surface area contributed by atoms with Crippen LogP contribution in [0.5, 0.6) is 0 Å². The highest BCUT2D eigenvalue weighted by Crippen LogP contribution is 2.12. The molecule has 0 amide bonds. The molecule has 9 nitrogen and oxygen atoms in total. The number of benzene rings is 1. The fraction of sp³-hybridized carbons (Fsp3) is 0.308. The highest BCUT2D eigenvalue weighted by molar-refractivity contribution is 6.30. The second kappa shape index (κ2) is 10.4. The number of anilines is 1. The van der Waals surface area contributed by atoms with Crippen LogP contribution in [0.15, 0.2) is 24.3 Å². The van der Waals surface area contributed by atoms with Gasteiger partial charge in [-0.15, -0.1) is 0 Å². The Morgan fingerprint density at radius 3 is 1.87 bits per heavy atom. The highest BCUT2D eigenvalue weighted by Gasteiger charge is 2.29. The number of rotatable bonds is 6. The third kappa shape index (κ3) is 8.61. The first-order chi connectivity index (χ1) is 10.7. The number of carboxylic acid groups (broad SMARTS) is 2. The molecule has 0 aliphatic heterocycles. The number of aliphatic hydroxyl groups is 2. The summed E-state index contributed by atoms with van der Waals surface area (Å²) in [6.45, 7) is 0.165. The van der Waals surface area contributed by atoms with Gasteiger partial charge >= 0.3 is 17.9 Å². The average molecular weight is 350 g/mol.